The van der Waals surface area contributed by atoms with Gasteiger partial charge >= 0.3 is 0 Å². The number of aliphatic hydroxyl groups excluding tert-OH is 1. The summed E-state index contributed by atoms with van der Waals surface area (Å²) in [5.74, 6) is 1.54. The summed E-state index contributed by atoms with van der Waals surface area (Å²) < 4.78 is 11.2. The third-order valence-corrected chi connectivity index (χ3v) is 6.13. The average Bonchev–Trinajstić information content (AvgIpc) is 2.79. The van der Waals surface area contributed by atoms with Crippen molar-refractivity contribution in [2.45, 2.75) is 58.7 Å². The van der Waals surface area contributed by atoms with Gasteiger partial charge in [-0.05, 0) is 42.6 Å². The van der Waals surface area contributed by atoms with E-state index < -0.39 is 0 Å². The Morgan fingerprint density at radius 3 is 2.44 bits per heavy atom. The van der Waals surface area contributed by atoms with Crippen LogP contribution in [-0.2, 0) is 24.5 Å². The molecule has 3 rings (SSSR count). The number of carbonyl (C=O) groups is 1. The molecule has 1 heterocycles. The van der Waals surface area contributed by atoms with Crippen LogP contribution in [0.5, 0.6) is 11.5 Å². The fourth-order valence-corrected chi connectivity index (χ4v) is 4.45. The minimum atomic E-state index is -0.0379. The molecule has 174 valence electrons. The van der Waals surface area contributed by atoms with E-state index in [-0.39, 0.29) is 12.5 Å². The van der Waals surface area contributed by atoms with E-state index in [2.05, 4.69) is 17.0 Å². The SMILES string of the molecule is COc1cccc(CN2CCCCCCCN(C(C)=O)c3cc(CO)ccc3C2)c1OC. The van der Waals surface area contributed by atoms with Crippen molar-refractivity contribution in [1.29, 1.82) is 0 Å². The highest BCUT2D eigenvalue weighted by molar-refractivity contribution is 5.92. The normalized spacial score (nSPS) is 15.9. The van der Waals surface area contributed by atoms with Gasteiger partial charge in [0.25, 0.3) is 0 Å². The van der Waals surface area contributed by atoms with Crippen molar-refractivity contribution in [2.24, 2.45) is 0 Å². The second kappa shape index (κ2) is 11.9. The number of nitrogens with zero attached hydrogens (tertiary/aromatic N) is 2. The first-order valence-corrected chi connectivity index (χ1v) is 11.5. The first-order chi connectivity index (χ1) is 15.6. The number of ether oxygens (including phenoxy) is 2. The molecular weight excluding hydrogens is 404 g/mol. The molecule has 0 fully saturated rings. The molecule has 0 atom stereocenters. The Bertz CT molecular complexity index is 899. The molecular formula is C26H36N2O4. The molecule has 32 heavy (non-hydrogen) atoms. The topological polar surface area (TPSA) is 62.2 Å². The lowest BCUT2D eigenvalue weighted by Gasteiger charge is -2.29. The molecule has 0 aliphatic carbocycles. The Morgan fingerprint density at radius 1 is 1.00 bits per heavy atom. The molecule has 0 saturated carbocycles. The van der Waals surface area contributed by atoms with Crippen LogP contribution in [0.4, 0.5) is 5.69 Å². The van der Waals surface area contributed by atoms with Crippen molar-refractivity contribution in [2.75, 3.05) is 32.2 Å². The predicted octanol–water partition coefficient (Wildman–Crippen LogP) is 4.52. The van der Waals surface area contributed by atoms with E-state index in [1.807, 2.05) is 29.2 Å². The molecule has 0 unspecified atom stereocenters. The predicted molar refractivity (Wildman–Crippen MR) is 127 cm³/mol. The molecule has 0 bridgehead atoms. The molecule has 1 aliphatic heterocycles. The lowest BCUT2D eigenvalue weighted by atomic mass is 10.0. The summed E-state index contributed by atoms with van der Waals surface area (Å²) in [5.41, 5.74) is 3.91. The number of benzene rings is 2. The maximum Gasteiger partial charge on any atom is 0.223 e. The Morgan fingerprint density at radius 2 is 1.75 bits per heavy atom. The standard InChI is InChI=1S/C26H36N2O4/c1-20(30)28-15-8-6-4-5-7-14-27(17-22-13-12-21(19-29)16-24(22)28)18-23-10-9-11-25(31-2)26(23)32-3/h9-13,16,29H,4-8,14-15,17-19H2,1-3H3. The smallest absolute Gasteiger partial charge is 0.223 e. The van der Waals surface area contributed by atoms with Crippen molar-refractivity contribution in [3.8, 4) is 11.5 Å². The van der Waals surface area contributed by atoms with E-state index in [4.69, 9.17) is 9.47 Å². The fraction of sp³-hybridized carbons (Fsp3) is 0.500. The van der Waals surface area contributed by atoms with Crippen molar-refractivity contribution in [3.05, 3.63) is 53.1 Å². The summed E-state index contributed by atoms with van der Waals surface area (Å²) in [6, 6.07) is 12.0. The number of rotatable bonds is 5. The molecule has 0 saturated heterocycles. The van der Waals surface area contributed by atoms with E-state index in [0.717, 1.165) is 66.2 Å². The third kappa shape index (κ3) is 6.02. The molecule has 6 heteroatoms. The van der Waals surface area contributed by atoms with Crippen molar-refractivity contribution in [3.63, 3.8) is 0 Å². The van der Waals surface area contributed by atoms with Crippen LogP contribution >= 0.6 is 0 Å². The van der Waals surface area contributed by atoms with Crippen molar-refractivity contribution >= 4 is 11.6 Å². The van der Waals surface area contributed by atoms with Crippen LogP contribution in [0.15, 0.2) is 36.4 Å². The van der Waals surface area contributed by atoms with Crippen LogP contribution in [0.3, 0.4) is 0 Å². The Labute approximate surface area is 191 Å². The number of hydrogen-bond donors (Lipinski definition) is 1. The number of methoxy groups -OCH3 is 2. The zero-order valence-electron chi connectivity index (χ0n) is 19.6. The molecule has 0 aromatic heterocycles. The summed E-state index contributed by atoms with van der Waals surface area (Å²) in [5, 5.41) is 9.69. The van der Waals surface area contributed by atoms with Crippen LogP contribution < -0.4 is 14.4 Å². The zero-order chi connectivity index (χ0) is 22.9. The molecule has 0 radical (unpaired) electrons. The maximum absolute atomic E-state index is 12.5. The highest BCUT2D eigenvalue weighted by Gasteiger charge is 2.20. The number of hydrogen-bond acceptors (Lipinski definition) is 5. The van der Waals surface area contributed by atoms with Crippen LogP contribution in [0.2, 0.25) is 0 Å². The highest BCUT2D eigenvalue weighted by Crippen LogP contribution is 2.33. The summed E-state index contributed by atoms with van der Waals surface area (Å²) in [4.78, 5) is 16.8. The first kappa shape index (κ1) is 24.1. The van der Waals surface area contributed by atoms with E-state index in [1.54, 1.807) is 21.1 Å². The van der Waals surface area contributed by atoms with Crippen LogP contribution in [0.25, 0.3) is 0 Å². The average molecular weight is 441 g/mol. The molecule has 6 nitrogen and oxygen atoms in total. The van der Waals surface area contributed by atoms with Gasteiger partial charge in [-0.2, -0.15) is 0 Å². The number of carbonyl (C=O) groups excluding carboxylic acids is 1. The number of para-hydroxylation sites is 1. The summed E-state index contributed by atoms with van der Waals surface area (Å²) in [6.45, 7) is 4.69. The van der Waals surface area contributed by atoms with Gasteiger partial charge in [-0.25, -0.2) is 0 Å². The lowest BCUT2D eigenvalue weighted by molar-refractivity contribution is -0.116. The van der Waals surface area contributed by atoms with Crippen molar-refractivity contribution < 1.29 is 19.4 Å². The number of amides is 1. The zero-order valence-corrected chi connectivity index (χ0v) is 19.6. The van der Waals surface area contributed by atoms with Gasteiger partial charge < -0.3 is 19.5 Å². The number of anilines is 1. The third-order valence-electron chi connectivity index (χ3n) is 6.13. The number of aliphatic hydroxyl groups is 1. The lowest BCUT2D eigenvalue weighted by Crippen LogP contribution is -2.32. The van der Waals surface area contributed by atoms with E-state index >= 15 is 0 Å². The van der Waals surface area contributed by atoms with Crippen molar-refractivity contribution in [1.82, 2.24) is 4.90 Å². The van der Waals surface area contributed by atoms with Crippen LogP contribution in [-0.4, -0.2) is 43.2 Å². The summed E-state index contributed by atoms with van der Waals surface area (Å²) >= 11 is 0. The molecule has 0 spiro atoms. The summed E-state index contributed by atoms with van der Waals surface area (Å²) in [6.07, 6.45) is 5.59. The summed E-state index contributed by atoms with van der Waals surface area (Å²) in [7, 11) is 3.33. The van der Waals surface area contributed by atoms with E-state index in [1.165, 1.54) is 12.8 Å². The van der Waals surface area contributed by atoms with Crippen LogP contribution in [0, 0.1) is 0 Å². The van der Waals surface area contributed by atoms with Gasteiger partial charge in [-0.15, -0.1) is 0 Å². The van der Waals surface area contributed by atoms with Gasteiger partial charge in [-0.1, -0.05) is 43.5 Å². The quantitative estimate of drug-likeness (QED) is 0.741. The Hall–Kier alpha value is -2.57. The molecule has 2 aromatic rings. The van der Waals surface area contributed by atoms with Gasteiger partial charge in [-0.3, -0.25) is 9.69 Å². The fourth-order valence-electron chi connectivity index (χ4n) is 4.45. The minimum Gasteiger partial charge on any atom is -0.493 e. The minimum absolute atomic E-state index is 0.0379. The Balaban J connectivity index is 1.97. The second-order valence-electron chi connectivity index (χ2n) is 8.42. The van der Waals surface area contributed by atoms with Gasteiger partial charge in [0.15, 0.2) is 11.5 Å². The Kier molecular flexibility index (Phi) is 8.94. The molecule has 1 aliphatic rings. The monoisotopic (exact) mass is 440 g/mol. The molecule has 1 N–H and O–H groups in total. The largest absolute Gasteiger partial charge is 0.493 e. The van der Waals surface area contributed by atoms with Gasteiger partial charge in [0, 0.05) is 37.8 Å². The highest BCUT2D eigenvalue weighted by atomic mass is 16.5. The molecule has 1 amide bonds. The van der Waals surface area contributed by atoms with Gasteiger partial charge in [0.1, 0.15) is 0 Å². The van der Waals surface area contributed by atoms with Gasteiger partial charge in [0.05, 0.1) is 20.8 Å². The second-order valence-corrected chi connectivity index (χ2v) is 8.42. The van der Waals surface area contributed by atoms with Crippen LogP contribution in [0.1, 0.15) is 55.7 Å². The first-order valence-electron chi connectivity index (χ1n) is 11.5. The molecule has 2 aromatic carbocycles. The maximum atomic E-state index is 12.5. The van der Waals surface area contributed by atoms with E-state index in [9.17, 15) is 9.90 Å². The number of fused-ring (bicyclic) bond motifs is 1. The van der Waals surface area contributed by atoms with Gasteiger partial charge in [0.2, 0.25) is 5.91 Å². The van der Waals surface area contributed by atoms with E-state index in [0.29, 0.717) is 13.1 Å².